The van der Waals surface area contributed by atoms with Crippen LogP contribution in [0.3, 0.4) is 0 Å². The zero-order valence-electron chi connectivity index (χ0n) is 18.0. The smallest absolute Gasteiger partial charge is 0.260 e. The van der Waals surface area contributed by atoms with Gasteiger partial charge in [0, 0.05) is 31.7 Å². The van der Waals surface area contributed by atoms with Gasteiger partial charge in [0.25, 0.3) is 5.91 Å². The summed E-state index contributed by atoms with van der Waals surface area (Å²) >= 11 is 3.08. The maximum absolute atomic E-state index is 13.7. The zero-order valence-corrected chi connectivity index (χ0v) is 19.7. The number of rotatable bonds is 6. The highest BCUT2D eigenvalue weighted by Crippen LogP contribution is 2.37. The molecule has 1 amide bonds. The van der Waals surface area contributed by atoms with E-state index in [0.29, 0.717) is 17.2 Å². The first-order chi connectivity index (χ1) is 15.6. The number of ether oxygens (including phenoxy) is 2. The highest BCUT2D eigenvalue weighted by molar-refractivity contribution is 7.22. The average Bonchev–Trinajstić information content (AvgIpc) is 3.47. The van der Waals surface area contributed by atoms with Crippen LogP contribution < -0.4 is 9.64 Å². The van der Waals surface area contributed by atoms with Crippen LogP contribution in [-0.2, 0) is 4.74 Å². The van der Waals surface area contributed by atoms with Crippen LogP contribution in [0, 0.1) is 6.92 Å². The highest BCUT2D eigenvalue weighted by Gasteiger charge is 2.24. The topological polar surface area (TPSA) is 67.8 Å². The van der Waals surface area contributed by atoms with E-state index in [2.05, 4.69) is 16.8 Å². The van der Waals surface area contributed by atoms with Crippen LogP contribution in [0.25, 0.3) is 20.4 Å². The second kappa shape index (κ2) is 9.11. The van der Waals surface area contributed by atoms with Crippen LogP contribution in [0.15, 0.2) is 35.8 Å². The monoisotopic (exact) mass is 468 g/mol. The molecule has 1 saturated heterocycles. The van der Waals surface area contributed by atoms with E-state index in [1.54, 1.807) is 17.5 Å². The first-order valence-electron chi connectivity index (χ1n) is 10.5. The van der Waals surface area contributed by atoms with Gasteiger partial charge in [0.15, 0.2) is 5.13 Å². The number of aromatic nitrogens is 2. The lowest BCUT2D eigenvalue weighted by molar-refractivity contribution is 0.0391. The van der Waals surface area contributed by atoms with Crippen LogP contribution in [0.4, 0.5) is 5.13 Å². The Bertz CT molecular complexity index is 1260. The lowest BCUT2D eigenvalue weighted by Gasteiger charge is -2.29. The summed E-state index contributed by atoms with van der Waals surface area (Å²) in [6.45, 7) is 6.59. The second-order valence-corrected chi connectivity index (χ2v) is 9.57. The van der Waals surface area contributed by atoms with Crippen molar-refractivity contribution in [1.29, 1.82) is 0 Å². The van der Waals surface area contributed by atoms with Gasteiger partial charge < -0.3 is 9.47 Å². The van der Waals surface area contributed by atoms with E-state index >= 15 is 0 Å². The fourth-order valence-electron chi connectivity index (χ4n) is 3.87. The van der Waals surface area contributed by atoms with Gasteiger partial charge in [-0.3, -0.25) is 14.6 Å². The van der Waals surface area contributed by atoms with Crippen LogP contribution in [0.2, 0.25) is 0 Å². The maximum Gasteiger partial charge on any atom is 0.260 e. The molecule has 2 aromatic carbocycles. The van der Waals surface area contributed by atoms with Gasteiger partial charge in [-0.2, -0.15) is 0 Å². The number of carbonyl (C=O) groups excluding carboxylic acids is 1. The Balaban J connectivity index is 1.52. The molecule has 0 aliphatic carbocycles. The second-order valence-electron chi connectivity index (χ2n) is 7.70. The largest absolute Gasteiger partial charge is 0.494 e. The van der Waals surface area contributed by atoms with Gasteiger partial charge in [-0.05, 0) is 36.8 Å². The molecule has 2 aromatic heterocycles. The highest BCUT2D eigenvalue weighted by atomic mass is 32.1. The van der Waals surface area contributed by atoms with Gasteiger partial charge in [-0.25, -0.2) is 9.97 Å². The lowest BCUT2D eigenvalue weighted by atomic mass is 10.2. The summed E-state index contributed by atoms with van der Waals surface area (Å²) in [6, 6.07) is 9.64. The van der Waals surface area contributed by atoms with Crippen LogP contribution >= 0.6 is 22.7 Å². The Morgan fingerprint density at radius 3 is 2.91 bits per heavy atom. The Hall–Kier alpha value is -2.59. The molecule has 1 aliphatic heterocycles. The Labute approximate surface area is 194 Å². The minimum Gasteiger partial charge on any atom is -0.494 e. The lowest BCUT2D eigenvalue weighted by Crippen LogP contribution is -2.43. The van der Waals surface area contributed by atoms with Crippen LogP contribution in [0.5, 0.6) is 5.75 Å². The van der Waals surface area contributed by atoms with E-state index < -0.39 is 0 Å². The van der Waals surface area contributed by atoms with E-state index in [0.717, 1.165) is 64.6 Å². The normalized spacial score (nSPS) is 14.8. The summed E-state index contributed by atoms with van der Waals surface area (Å²) in [4.78, 5) is 27.0. The number of carbonyl (C=O) groups is 1. The van der Waals surface area contributed by atoms with Crippen molar-refractivity contribution in [3.8, 4) is 5.75 Å². The molecule has 1 fully saturated rings. The minimum atomic E-state index is -0.0516. The maximum atomic E-state index is 13.7. The molecule has 3 heterocycles. The molecular formula is C23H24N4O3S2. The molecule has 32 heavy (non-hydrogen) atoms. The third-order valence-electron chi connectivity index (χ3n) is 5.71. The van der Waals surface area contributed by atoms with Gasteiger partial charge in [-0.1, -0.05) is 17.4 Å². The quantitative estimate of drug-likeness (QED) is 0.422. The van der Waals surface area contributed by atoms with Crippen molar-refractivity contribution in [3.63, 3.8) is 0 Å². The van der Waals surface area contributed by atoms with Crippen molar-refractivity contribution in [2.75, 3.05) is 51.4 Å². The number of nitrogens with zero attached hydrogens (tertiary/aromatic N) is 4. The Kier molecular flexibility index (Phi) is 6.05. The SMILES string of the molecule is COc1ccc(C)c2sc(N(CCN3CCOCC3)C(=O)c3ccc4ncsc4c3)nc12. The number of methoxy groups -OCH3 is 1. The first kappa shape index (κ1) is 21.3. The zero-order chi connectivity index (χ0) is 22.1. The number of benzene rings is 2. The number of hydrogen-bond acceptors (Lipinski definition) is 8. The van der Waals surface area contributed by atoms with Crippen molar-refractivity contribution in [1.82, 2.24) is 14.9 Å². The molecule has 166 valence electrons. The van der Waals surface area contributed by atoms with Gasteiger partial charge in [0.05, 0.1) is 40.8 Å². The number of fused-ring (bicyclic) bond motifs is 2. The summed E-state index contributed by atoms with van der Waals surface area (Å²) in [5.74, 6) is 0.670. The van der Waals surface area contributed by atoms with E-state index in [-0.39, 0.29) is 5.91 Å². The molecule has 0 N–H and O–H groups in total. The number of thiazole rings is 2. The number of aryl methyl sites for hydroxylation is 1. The summed E-state index contributed by atoms with van der Waals surface area (Å²) in [5, 5.41) is 0.690. The molecule has 0 radical (unpaired) electrons. The summed E-state index contributed by atoms with van der Waals surface area (Å²) in [5.41, 5.74) is 5.28. The molecule has 0 unspecified atom stereocenters. The molecule has 0 saturated carbocycles. The molecule has 7 nitrogen and oxygen atoms in total. The molecule has 4 aromatic rings. The Morgan fingerprint density at radius 1 is 1.25 bits per heavy atom. The first-order valence-corrected chi connectivity index (χ1v) is 12.2. The molecule has 5 rings (SSSR count). The fraction of sp³-hybridized carbons (Fsp3) is 0.348. The summed E-state index contributed by atoms with van der Waals surface area (Å²) in [7, 11) is 1.65. The van der Waals surface area contributed by atoms with Crippen molar-refractivity contribution in [3.05, 3.63) is 47.0 Å². The minimum absolute atomic E-state index is 0.0516. The van der Waals surface area contributed by atoms with Crippen molar-refractivity contribution < 1.29 is 14.3 Å². The molecule has 0 atom stereocenters. The molecule has 0 bridgehead atoms. The number of amides is 1. The fourth-order valence-corrected chi connectivity index (χ4v) is 5.66. The molecular weight excluding hydrogens is 444 g/mol. The molecule has 1 aliphatic rings. The van der Waals surface area contributed by atoms with Crippen molar-refractivity contribution in [2.24, 2.45) is 0 Å². The predicted molar refractivity (Wildman–Crippen MR) is 129 cm³/mol. The predicted octanol–water partition coefficient (Wildman–Crippen LogP) is 4.20. The number of hydrogen-bond donors (Lipinski definition) is 0. The molecule has 9 heteroatoms. The van der Waals surface area contributed by atoms with E-state index in [1.165, 1.54) is 22.7 Å². The van der Waals surface area contributed by atoms with Crippen molar-refractivity contribution in [2.45, 2.75) is 6.92 Å². The van der Waals surface area contributed by atoms with Gasteiger partial charge >= 0.3 is 0 Å². The van der Waals surface area contributed by atoms with E-state index in [4.69, 9.17) is 14.5 Å². The van der Waals surface area contributed by atoms with Crippen molar-refractivity contribution >= 4 is 54.1 Å². The van der Waals surface area contributed by atoms with Gasteiger partial charge in [0.2, 0.25) is 0 Å². The van der Waals surface area contributed by atoms with Gasteiger partial charge in [-0.15, -0.1) is 11.3 Å². The van der Waals surface area contributed by atoms with E-state index in [1.807, 2.05) is 30.3 Å². The van der Waals surface area contributed by atoms with E-state index in [9.17, 15) is 4.79 Å². The summed E-state index contributed by atoms with van der Waals surface area (Å²) < 4.78 is 13.0. The third kappa shape index (κ3) is 4.09. The average molecular weight is 469 g/mol. The standard InChI is InChI=1S/C23H24N4O3S2/c1-15-3-6-18(29-2)20-21(15)32-23(25-20)27(8-7-26-9-11-30-12-10-26)22(28)16-4-5-17-19(13-16)31-14-24-17/h3-6,13-14H,7-12H2,1-2H3. The van der Waals surface area contributed by atoms with Crippen LogP contribution in [0.1, 0.15) is 15.9 Å². The third-order valence-corrected chi connectivity index (χ3v) is 7.72. The Morgan fingerprint density at radius 2 is 2.09 bits per heavy atom. The number of morpholine rings is 1. The number of anilines is 1. The molecule has 0 spiro atoms. The summed E-state index contributed by atoms with van der Waals surface area (Å²) in [6.07, 6.45) is 0. The van der Waals surface area contributed by atoms with Gasteiger partial charge in [0.1, 0.15) is 11.3 Å². The van der Waals surface area contributed by atoms with Crippen LogP contribution in [-0.4, -0.2) is 67.3 Å².